The number of nitro groups is 1. The fourth-order valence-corrected chi connectivity index (χ4v) is 1.62. The molecule has 86 valence electrons. The maximum absolute atomic E-state index is 10.9. The van der Waals surface area contributed by atoms with E-state index < -0.39 is 4.92 Å². The van der Waals surface area contributed by atoms with Gasteiger partial charge < -0.3 is 0 Å². The van der Waals surface area contributed by atoms with Crippen molar-refractivity contribution in [1.82, 2.24) is 15.0 Å². The standard InChI is InChI=1S/C10H7ClN4O2/c11-10-9(15(16)17)8(13-6-14-10)4-7-2-1-3-12-5-7/h1-3,5-6H,4H2. The van der Waals surface area contributed by atoms with E-state index in [1.54, 1.807) is 18.5 Å². The Morgan fingerprint density at radius 1 is 1.41 bits per heavy atom. The Morgan fingerprint density at radius 2 is 2.24 bits per heavy atom. The highest BCUT2D eigenvalue weighted by atomic mass is 35.5. The summed E-state index contributed by atoms with van der Waals surface area (Å²) in [4.78, 5) is 21.7. The molecular formula is C10H7ClN4O2. The molecule has 6 nitrogen and oxygen atoms in total. The van der Waals surface area contributed by atoms with Gasteiger partial charge in [0.1, 0.15) is 12.0 Å². The van der Waals surface area contributed by atoms with Crippen molar-refractivity contribution in [3.05, 3.63) is 57.4 Å². The predicted octanol–water partition coefficient (Wildman–Crippen LogP) is 2.02. The molecule has 0 N–H and O–H groups in total. The summed E-state index contributed by atoms with van der Waals surface area (Å²) in [5.74, 6) is 0. The normalized spacial score (nSPS) is 10.2. The van der Waals surface area contributed by atoms with Crippen LogP contribution < -0.4 is 0 Å². The second-order valence-electron chi connectivity index (χ2n) is 3.25. The zero-order valence-electron chi connectivity index (χ0n) is 8.58. The van der Waals surface area contributed by atoms with E-state index in [9.17, 15) is 10.1 Å². The van der Waals surface area contributed by atoms with E-state index in [1.165, 1.54) is 6.33 Å². The van der Waals surface area contributed by atoms with E-state index in [4.69, 9.17) is 11.6 Å². The van der Waals surface area contributed by atoms with E-state index in [-0.39, 0.29) is 16.5 Å². The smallest absolute Gasteiger partial charge is 0.264 e. The number of pyridine rings is 1. The minimum Gasteiger partial charge on any atom is -0.264 e. The van der Waals surface area contributed by atoms with Gasteiger partial charge >= 0.3 is 5.69 Å². The van der Waals surface area contributed by atoms with Crippen LogP contribution in [0, 0.1) is 10.1 Å². The molecule has 17 heavy (non-hydrogen) atoms. The lowest BCUT2D eigenvalue weighted by molar-refractivity contribution is -0.386. The first-order chi connectivity index (χ1) is 8.18. The molecule has 0 aliphatic rings. The van der Waals surface area contributed by atoms with Crippen LogP contribution in [0.4, 0.5) is 5.69 Å². The van der Waals surface area contributed by atoms with Crippen molar-refractivity contribution in [3.8, 4) is 0 Å². The Kier molecular flexibility index (Phi) is 3.24. The lowest BCUT2D eigenvalue weighted by Crippen LogP contribution is -2.02. The van der Waals surface area contributed by atoms with Gasteiger partial charge in [0, 0.05) is 18.8 Å². The molecule has 2 aromatic rings. The zero-order valence-corrected chi connectivity index (χ0v) is 9.33. The van der Waals surface area contributed by atoms with Crippen LogP contribution in [0.15, 0.2) is 30.9 Å². The molecule has 0 aliphatic heterocycles. The molecule has 0 aromatic carbocycles. The zero-order chi connectivity index (χ0) is 12.3. The quantitative estimate of drug-likeness (QED) is 0.473. The van der Waals surface area contributed by atoms with E-state index in [2.05, 4.69) is 15.0 Å². The van der Waals surface area contributed by atoms with Crippen molar-refractivity contribution in [1.29, 1.82) is 0 Å². The highest BCUT2D eigenvalue weighted by molar-refractivity contribution is 6.31. The summed E-state index contributed by atoms with van der Waals surface area (Å²) in [5.41, 5.74) is 0.853. The maximum Gasteiger partial charge on any atom is 0.328 e. The van der Waals surface area contributed by atoms with Crippen LogP contribution >= 0.6 is 11.6 Å². The molecule has 0 radical (unpaired) electrons. The summed E-state index contributed by atoms with van der Waals surface area (Å²) in [7, 11) is 0. The van der Waals surface area contributed by atoms with Crippen LogP contribution in [0.5, 0.6) is 0 Å². The summed E-state index contributed by atoms with van der Waals surface area (Å²) < 4.78 is 0. The van der Waals surface area contributed by atoms with E-state index in [0.717, 1.165) is 5.56 Å². The largest absolute Gasteiger partial charge is 0.328 e. The molecule has 2 heterocycles. The minimum atomic E-state index is -0.575. The number of rotatable bonds is 3. The Morgan fingerprint density at radius 3 is 2.88 bits per heavy atom. The molecular weight excluding hydrogens is 244 g/mol. The molecule has 2 aromatic heterocycles. The average Bonchev–Trinajstić information content (AvgIpc) is 2.30. The second kappa shape index (κ2) is 4.84. The molecule has 7 heteroatoms. The van der Waals surface area contributed by atoms with Crippen molar-refractivity contribution in [2.75, 3.05) is 0 Å². The molecule has 0 saturated carbocycles. The highest BCUT2D eigenvalue weighted by Crippen LogP contribution is 2.25. The van der Waals surface area contributed by atoms with Gasteiger partial charge in [-0.25, -0.2) is 9.97 Å². The SMILES string of the molecule is O=[N+]([O-])c1c(Cl)ncnc1Cc1cccnc1. The van der Waals surface area contributed by atoms with Gasteiger partial charge in [-0.05, 0) is 11.6 Å². The number of hydrogen-bond acceptors (Lipinski definition) is 5. The Bertz CT molecular complexity index is 547. The summed E-state index contributed by atoms with van der Waals surface area (Å²) in [6, 6.07) is 3.57. The van der Waals surface area contributed by atoms with Gasteiger partial charge in [0.15, 0.2) is 0 Å². The first-order valence-electron chi connectivity index (χ1n) is 4.71. The monoisotopic (exact) mass is 250 g/mol. The van der Waals surface area contributed by atoms with Gasteiger partial charge in [0.2, 0.25) is 5.15 Å². The molecule has 0 atom stereocenters. The second-order valence-corrected chi connectivity index (χ2v) is 3.61. The van der Waals surface area contributed by atoms with Gasteiger partial charge in [-0.15, -0.1) is 0 Å². The van der Waals surface area contributed by atoms with Crippen LogP contribution in [-0.4, -0.2) is 19.9 Å². The summed E-state index contributed by atoms with van der Waals surface area (Å²) in [6.45, 7) is 0. The van der Waals surface area contributed by atoms with E-state index >= 15 is 0 Å². The fourth-order valence-electron chi connectivity index (χ4n) is 1.40. The van der Waals surface area contributed by atoms with Crippen molar-refractivity contribution in [2.24, 2.45) is 0 Å². The van der Waals surface area contributed by atoms with Crippen LogP contribution in [0.2, 0.25) is 5.15 Å². The third-order valence-corrected chi connectivity index (χ3v) is 2.41. The lowest BCUT2D eigenvalue weighted by Gasteiger charge is -2.02. The number of halogens is 1. The number of nitrogens with zero attached hydrogens (tertiary/aromatic N) is 4. The highest BCUT2D eigenvalue weighted by Gasteiger charge is 2.21. The molecule has 0 saturated heterocycles. The topological polar surface area (TPSA) is 81.8 Å². The van der Waals surface area contributed by atoms with Crippen LogP contribution in [-0.2, 0) is 6.42 Å². The van der Waals surface area contributed by atoms with Gasteiger partial charge in [0.05, 0.1) is 4.92 Å². The van der Waals surface area contributed by atoms with Crippen molar-refractivity contribution in [3.63, 3.8) is 0 Å². The molecule has 0 bridgehead atoms. The third kappa shape index (κ3) is 2.54. The van der Waals surface area contributed by atoms with Gasteiger partial charge in [-0.1, -0.05) is 17.7 Å². The molecule has 0 spiro atoms. The van der Waals surface area contributed by atoms with Crippen LogP contribution in [0.1, 0.15) is 11.3 Å². The number of aromatic nitrogens is 3. The third-order valence-electron chi connectivity index (χ3n) is 2.13. The molecule has 0 fully saturated rings. The van der Waals surface area contributed by atoms with Crippen LogP contribution in [0.3, 0.4) is 0 Å². The summed E-state index contributed by atoms with van der Waals surface area (Å²) in [5, 5.41) is 10.7. The summed E-state index contributed by atoms with van der Waals surface area (Å²) >= 11 is 5.68. The van der Waals surface area contributed by atoms with Gasteiger partial charge in [-0.3, -0.25) is 15.1 Å². The predicted molar refractivity (Wildman–Crippen MR) is 60.7 cm³/mol. The first kappa shape index (κ1) is 11.4. The van der Waals surface area contributed by atoms with Crippen molar-refractivity contribution < 1.29 is 4.92 Å². The van der Waals surface area contributed by atoms with Gasteiger partial charge in [-0.2, -0.15) is 0 Å². The van der Waals surface area contributed by atoms with Gasteiger partial charge in [0.25, 0.3) is 0 Å². The van der Waals surface area contributed by atoms with Crippen molar-refractivity contribution in [2.45, 2.75) is 6.42 Å². The first-order valence-corrected chi connectivity index (χ1v) is 5.09. The lowest BCUT2D eigenvalue weighted by atomic mass is 10.1. The molecule has 0 unspecified atom stereocenters. The Hall–Kier alpha value is -2.08. The van der Waals surface area contributed by atoms with E-state index in [1.807, 2.05) is 6.07 Å². The van der Waals surface area contributed by atoms with E-state index in [0.29, 0.717) is 6.42 Å². The average molecular weight is 251 g/mol. The minimum absolute atomic E-state index is 0.149. The Labute approximate surface area is 101 Å². The number of hydrogen-bond donors (Lipinski definition) is 0. The maximum atomic E-state index is 10.9. The molecule has 0 amide bonds. The fraction of sp³-hybridized carbons (Fsp3) is 0.100. The molecule has 2 rings (SSSR count). The Balaban J connectivity index is 2.40. The van der Waals surface area contributed by atoms with Crippen molar-refractivity contribution >= 4 is 17.3 Å². The molecule has 0 aliphatic carbocycles. The summed E-state index contributed by atoms with van der Waals surface area (Å²) in [6.07, 6.45) is 4.76. The van der Waals surface area contributed by atoms with Crippen LogP contribution in [0.25, 0.3) is 0 Å².